The first-order chi connectivity index (χ1) is 8.04. The summed E-state index contributed by atoms with van der Waals surface area (Å²) in [5.74, 6) is -1.82. The average molecular weight is 278 g/mol. The van der Waals surface area contributed by atoms with Crippen molar-refractivity contribution in [1.82, 2.24) is 0 Å². The van der Waals surface area contributed by atoms with Crippen molar-refractivity contribution < 1.29 is 42.4 Å². The molecule has 7 nitrogen and oxygen atoms in total. The van der Waals surface area contributed by atoms with Crippen LogP contribution in [0.2, 0.25) is 0 Å². The molecule has 0 spiro atoms. The zero-order chi connectivity index (χ0) is 13.1. The highest BCUT2D eigenvalue weighted by Gasteiger charge is 2.44. The molecule has 0 aliphatic carbocycles. The summed E-state index contributed by atoms with van der Waals surface area (Å²) in [5.41, 5.74) is 0. The third-order valence-electron chi connectivity index (χ3n) is 1.30. The van der Waals surface area contributed by atoms with Crippen LogP contribution >= 0.6 is 12.0 Å². The molecule has 102 valence electrons. The van der Waals surface area contributed by atoms with E-state index < -0.39 is 23.3 Å². The Bertz CT molecular complexity index is 216. The van der Waals surface area contributed by atoms with Crippen molar-refractivity contribution in [3.8, 4) is 0 Å². The minimum Gasteiger partial charge on any atom is -0.458 e. The van der Waals surface area contributed by atoms with E-state index in [-0.39, 0.29) is 19.8 Å². The van der Waals surface area contributed by atoms with E-state index >= 15 is 0 Å². The van der Waals surface area contributed by atoms with E-state index in [0.29, 0.717) is 6.61 Å². The van der Waals surface area contributed by atoms with Gasteiger partial charge in [0.1, 0.15) is 18.6 Å². The molecule has 17 heavy (non-hydrogen) atoms. The van der Waals surface area contributed by atoms with Gasteiger partial charge in [-0.15, -0.1) is 4.33 Å². The Balaban J connectivity index is 3.62. The highest BCUT2D eigenvalue weighted by molar-refractivity contribution is 7.96. The van der Waals surface area contributed by atoms with Gasteiger partial charge in [0.05, 0.1) is 19.8 Å². The lowest BCUT2D eigenvalue weighted by molar-refractivity contribution is -0.433. The fraction of sp³-hybridized carbons (Fsp3) is 0.857. The Morgan fingerprint density at radius 3 is 2.53 bits per heavy atom. The van der Waals surface area contributed by atoms with Crippen molar-refractivity contribution in [3.05, 3.63) is 0 Å². The van der Waals surface area contributed by atoms with Gasteiger partial charge in [-0.1, -0.05) is 5.04 Å². The van der Waals surface area contributed by atoms with E-state index in [0.717, 1.165) is 0 Å². The second kappa shape index (κ2) is 9.50. The van der Waals surface area contributed by atoms with Crippen LogP contribution in [0.25, 0.3) is 0 Å². The number of esters is 1. The van der Waals surface area contributed by atoms with E-state index in [9.17, 15) is 13.6 Å². The largest absolute Gasteiger partial charge is 0.458 e. The summed E-state index contributed by atoms with van der Waals surface area (Å²) in [7, 11) is 1.48. The molecule has 0 aromatic rings. The van der Waals surface area contributed by atoms with Gasteiger partial charge in [0.2, 0.25) is 0 Å². The molecule has 10 heteroatoms. The van der Waals surface area contributed by atoms with Crippen LogP contribution in [-0.2, 0) is 28.4 Å². The number of halogens is 2. The minimum atomic E-state index is -3.98. The van der Waals surface area contributed by atoms with Crippen LogP contribution in [-0.4, -0.2) is 50.0 Å². The van der Waals surface area contributed by atoms with Gasteiger partial charge in [0, 0.05) is 7.11 Å². The molecule has 0 unspecified atom stereocenters. The molecule has 0 aromatic heterocycles. The van der Waals surface area contributed by atoms with Crippen molar-refractivity contribution in [1.29, 1.82) is 0 Å². The van der Waals surface area contributed by atoms with Gasteiger partial charge in [0.15, 0.2) is 0 Å². The van der Waals surface area contributed by atoms with Crippen LogP contribution in [0, 0.1) is 0 Å². The van der Waals surface area contributed by atoms with E-state index in [1.807, 2.05) is 0 Å². The van der Waals surface area contributed by atoms with E-state index in [2.05, 4.69) is 18.8 Å². The van der Waals surface area contributed by atoms with Crippen molar-refractivity contribution in [2.45, 2.75) is 5.25 Å². The quantitative estimate of drug-likeness (QED) is 0.207. The summed E-state index contributed by atoms with van der Waals surface area (Å²) in [5, 5.41) is 6.61. The predicted octanol–water partition coefficient (Wildman–Crippen LogP) is 0.855. The van der Waals surface area contributed by atoms with Gasteiger partial charge in [-0.05, 0) is 0 Å². The second-order valence-corrected chi connectivity index (χ2v) is 3.30. The number of hydrogen-bond donors (Lipinski definition) is 1. The molecular formula is C7H12F2O7S. The van der Waals surface area contributed by atoms with E-state index in [4.69, 9.17) is 9.99 Å². The molecule has 1 N–H and O–H groups in total. The zero-order valence-electron chi connectivity index (χ0n) is 8.89. The van der Waals surface area contributed by atoms with Gasteiger partial charge in [0.25, 0.3) is 0 Å². The Hall–Kier alpha value is -0.520. The highest BCUT2D eigenvalue weighted by Crippen LogP contribution is 2.30. The Morgan fingerprint density at radius 2 is 1.94 bits per heavy atom. The molecular weight excluding hydrogens is 266 g/mol. The van der Waals surface area contributed by atoms with Gasteiger partial charge in [-0.25, -0.2) is 10.1 Å². The standard InChI is InChI=1S/C7H12F2O7S/c1-12-2-3-13-4-5-14-6(10)7(8,9)17-16-15-11/h11H,2-5H2,1H3. The number of rotatable bonds is 10. The summed E-state index contributed by atoms with van der Waals surface area (Å²) in [6.07, 6.45) is 0. The predicted molar refractivity (Wildman–Crippen MR) is 51.0 cm³/mol. The third kappa shape index (κ3) is 8.24. The van der Waals surface area contributed by atoms with Gasteiger partial charge < -0.3 is 14.2 Å². The normalized spacial score (nSPS) is 11.5. The monoisotopic (exact) mass is 278 g/mol. The third-order valence-corrected chi connectivity index (χ3v) is 1.80. The minimum absolute atomic E-state index is 0.0345. The summed E-state index contributed by atoms with van der Waals surface area (Å²) in [4.78, 5) is 10.8. The van der Waals surface area contributed by atoms with E-state index in [1.54, 1.807) is 0 Å². The fourth-order valence-electron chi connectivity index (χ4n) is 0.614. The molecule has 0 rings (SSSR count). The highest BCUT2D eigenvalue weighted by atomic mass is 32.2. The summed E-state index contributed by atoms with van der Waals surface area (Å²) >= 11 is -0.682. The van der Waals surface area contributed by atoms with Crippen molar-refractivity contribution in [2.75, 3.05) is 33.5 Å². The number of carbonyl (C=O) groups is 1. The SMILES string of the molecule is COCCOCCOC(=O)C(F)(F)SOOO. The Labute approximate surface area is 100.0 Å². The topological polar surface area (TPSA) is 83.5 Å². The molecule has 0 atom stereocenters. The molecule has 0 amide bonds. The van der Waals surface area contributed by atoms with Crippen LogP contribution in [0.15, 0.2) is 0 Å². The lowest BCUT2D eigenvalue weighted by Crippen LogP contribution is -2.28. The number of hydrogen-bond acceptors (Lipinski definition) is 8. The lowest BCUT2D eigenvalue weighted by atomic mass is 10.6. The Morgan fingerprint density at radius 1 is 1.29 bits per heavy atom. The van der Waals surface area contributed by atoms with Gasteiger partial charge in [-0.2, -0.15) is 8.78 Å². The maximum Gasteiger partial charge on any atom is 0.415 e. The lowest BCUT2D eigenvalue weighted by Gasteiger charge is -2.12. The first kappa shape index (κ1) is 16.5. The summed E-state index contributed by atoms with van der Waals surface area (Å²) in [6, 6.07) is 0. The molecule has 0 aliphatic heterocycles. The first-order valence-electron chi connectivity index (χ1n) is 4.32. The van der Waals surface area contributed by atoms with Crippen LogP contribution in [0.1, 0.15) is 0 Å². The average Bonchev–Trinajstić information content (AvgIpc) is 2.30. The smallest absolute Gasteiger partial charge is 0.415 e. The fourth-order valence-corrected chi connectivity index (χ4v) is 0.856. The maximum atomic E-state index is 12.7. The molecule has 0 aromatic carbocycles. The van der Waals surface area contributed by atoms with Gasteiger partial charge in [-0.3, -0.25) is 0 Å². The van der Waals surface area contributed by atoms with Crippen molar-refractivity contribution in [3.63, 3.8) is 0 Å². The van der Waals surface area contributed by atoms with E-state index in [1.165, 1.54) is 7.11 Å². The second-order valence-electron chi connectivity index (χ2n) is 2.48. The van der Waals surface area contributed by atoms with Crippen molar-refractivity contribution >= 4 is 18.0 Å². The number of methoxy groups -OCH3 is 1. The number of ether oxygens (including phenoxy) is 3. The number of carbonyl (C=O) groups excluding carboxylic acids is 1. The van der Waals surface area contributed by atoms with Crippen LogP contribution in [0.5, 0.6) is 0 Å². The molecule has 0 bridgehead atoms. The summed E-state index contributed by atoms with van der Waals surface area (Å²) in [6.45, 7) is 0.244. The van der Waals surface area contributed by atoms with Crippen molar-refractivity contribution in [2.24, 2.45) is 0 Å². The first-order valence-corrected chi connectivity index (χ1v) is 5.06. The molecule has 0 heterocycles. The molecule has 0 radical (unpaired) electrons. The summed E-state index contributed by atoms with van der Waals surface area (Å²) < 4.78 is 42.7. The Kier molecular flexibility index (Phi) is 9.21. The van der Waals surface area contributed by atoms with Crippen LogP contribution in [0.4, 0.5) is 8.78 Å². The van der Waals surface area contributed by atoms with Gasteiger partial charge >= 0.3 is 11.2 Å². The molecule has 0 fully saturated rings. The van der Waals surface area contributed by atoms with Crippen LogP contribution in [0.3, 0.4) is 0 Å². The molecule has 0 saturated heterocycles. The molecule has 0 saturated carbocycles. The molecule has 0 aliphatic rings. The maximum absolute atomic E-state index is 12.7. The number of alkyl halides is 2. The van der Waals surface area contributed by atoms with Crippen LogP contribution < -0.4 is 0 Å². The zero-order valence-corrected chi connectivity index (χ0v) is 9.71.